The third-order valence-corrected chi connectivity index (χ3v) is 13.7. The highest BCUT2D eigenvalue weighted by Crippen LogP contribution is 2.67. The standard InChI is InChI=1S/C37H65N2O6P.H2O/c1-10-28(26(2)3)12-11-27(4)32-15-16-33-31-14-13-29-25-30(17-19-36(29,5)34(31)18-20-37(32,33)6)45-35(40)38-21-23-43-46(41,42)44-24-22-39(7,8)9;/h11-13,26-28,30-34H,10,14-25H2,1-9H3,(H-,38,40,41,42);1H2/b12-11+;/t27-,28-,30+,31?,32-,33?,34?,36+,37-;/m1./s1. The van der Waals surface area contributed by atoms with E-state index >= 15 is 0 Å². The summed E-state index contributed by atoms with van der Waals surface area (Å²) in [4.78, 5) is 22.5. The molecule has 1 amide bonds. The molecule has 4 aliphatic carbocycles. The van der Waals surface area contributed by atoms with Crippen molar-refractivity contribution >= 4 is 13.9 Å². The Morgan fingerprint density at radius 3 is 2.43 bits per heavy atom. The maximum Gasteiger partial charge on any atom is 0.472 e. The maximum absolute atomic E-state index is 12.6. The van der Waals surface area contributed by atoms with E-state index in [4.69, 9.17) is 13.8 Å². The zero-order valence-corrected chi connectivity index (χ0v) is 31.8. The zero-order chi connectivity index (χ0) is 33.9. The van der Waals surface area contributed by atoms with E-state index in [1.807, 2.05) is 21.1 Å². The Morgan fingerprint density at radius 1 is 1.06 bits per heavy atom. The highest BCUT2D eigenvalue weighted by Gasteiger charge is 2.59. The van der Waals surface area contributed by atoms with Crippen molar-refractivity contribution in [1.29, 1.82) is 0 Å². The first-order chi connectivity index (χ1) is 21.5. The van der Waals surface area contributed by atoms with Crippen LogP contribution in [0.2, 0.25) is 0 Å². The summed E-state index contributed by atoms with van der Waals surface area (Å²) in [5, 5.41) is 2.67. The van der Waals surface area contributed by atoms with Crippen molar-refractivity contribution in [3.63, 3.8) is 0 Å². The summed E-state index contributed by atoms with van der Waals surface area (Å²) >= 11 is 0. The van der Waals surface area contributed by atoms with E-state index in [0.29, 0.717) is 40.1 Å². The van der Waals surface area contributed by atoms with Crippen LogP contribution in [0.25, 0.3) is 0 Å². The zero-order valence-electron chi connectivity index (χ0n) is 30.9. The second-order valence-electron chi connectivity index (χ2n) is 16.9. The van der Waals surface area contributed by atoms with E-state index in [-0.39, 0.29) is 36.8 Å². The number of phosphoric acid groups is 1. The third-order valence-electron chi connectivity index (χ3n) is 12.7. The van der Waals surface area contributed by atoms with E-state index in [9.17, 15) is 14.3 Å². The number of nitrogens with one attached hydrogen (secondary N) is 1. The van der Waals surface area contributed by atoms with Crippen molar-refractivity contribution in [2.75, 3.05) is 47.4 Å². The van der Waals surface area contributed by atoms with Gasteiger partial charge in [0, 0.05) is 13.0 Å². The molecule has 3 fully saturated rings. The molecule has 47 heavy (non-hydrogen) atoms. The summed E-state index contributed by atoms with van der Waals surface area (Å²) in [6.07, 6.45) is 17.4. The van der Waals surface area contributed by atoms with Crippen LogP contribution >= 0.6 is 7.82 Å². The number of carbonyl (C=O) groups is 1. The van der Waals surface area contributed by atoms with E-state index in [1.54, 1.807) is 0 Å². The summed E-state index contributed by atoms with van der Waals surface area (Å²) in [5.74, 6) is 5.06. The molecule has 0 heterocycles. The van der Waals surface area contributed by atoms with Crippen LogP contribution in [0.4, 0.5) is 4.79 Å². The van der Waals surface area contributed by atoms with Crippen LogP contribution in [0, 0.1) is 52.3 Å². The fourth-order valence-electron chi connectivity index (χ4n) is 9.89. The van der Waals surface area contributed by atoms with Gasteiger partial charge in [-0.15, -0.1) is 0 Å². The second kappa shape index (κ2) is 16.2. The van der Waals surface area contributed by atoms with Crippen LogP contribution in [0.15, 0.2) is 23.8 Å². The Hall–Kier alpha value is -1.22. The quantitative estimate of drug-likeness (QED) is 0.0819. The van der Waals surface area contributed by atoms with Gasteiger partial charge in [-0.05, 0) is 104 Å². The number of fused-ring (bicyclic) bond motifs is 5. The molecule has 10 heteroatoms. The predicted molar refractivity (Wildman–Crippen MR) is 187 cm³/mol. The molecule has 9 nitrogen and oxygen atoms in total. The van der Waals surface area contributed by atoms with Gasteiger partial charge in [-0.25, -0.2) is 9.36 Å². The van der Waals surface area contributed by atoms with Crippen molar-refractivity contribution in [2.45, 2.75) is 105 Å². The first-order valence-electron chi connectivity index (χ1n) is 18.2. The SMILES string of the molecule is CC[C@H](/C=C/[C@@H](C)[C@H]1CCC2C3CC=C4C[C@@H](OC(=O)NCCOP(=O)(O)OCC[N+](C)(C)C)CC[C@]4(C)C3CC[C@@]21C)C(C)C.[OH-]. The third kappa shape index (κ3) is 9.73. The normalized spacial score (nSPS) is 34.7. The first kappa shape index (κ1) is 40.2. The lowest BCUT2D eigenvalue weighted by Crippen LogP contribution is -2.51. The molecule has 0 aromatic heterocycles. The van der Waals surface area contributed by atoms with Gasteiger partial charge in [0.1, 0.15) is 19.3 Å². The van der Waals surface area contributed by atoms with Crippen molar-refractivity contribution in [3.8, 4) is 0 Å². The van der Waals surface area contributed by atoms with Gasteiger partial charge >= 0.3 is 13.9 Å². The van der Waals surface area contributed by atoms with Crippen molar-refractivity contribution in [3.05, 3.63) is 23.8 Å². The van der Waals surface area contributed by atoms with E-state index < -0.39 is 13.9 Å². The molecule has 0 aromatic rings. The molecule has 0 aliphatic heterocycles. The number of carbonyl (C=O) groups excluding carboxylic acids is 1. The number of nitrogens with zero attached hydrogens (tertiary/aromatic N) is 1. The van der Waals surface area contributed by atoms with Crippen LogP contribution in [0.3, 0.4) is 0 Å². The van der Waals surface area contributed by atoms with Gasteiger partial charge < -0.3 is 24.9 Å². The number of likely N-dealkylation sites (N-methyl/N-ethyl adjacent to an activating group) is 1. The van der Waals surface area contributed by atoms with Gasteiger partial charge in [0.05, 0.1) is 27.7 Å². The molecule has 0 saturated heterocycles. The lowest BCUT2D eigenvalue weighted by atomic mass is 9.47. The number of allylic oxidation sites excluding steroid dienone is 3. The number of hydrogen-bond donors (Lipinski definition) is 2. The molecule has 4 rings (SSSR count). The molecule has 3 saturated carbocycles. The molecule has 4 unspecified atom stereocenters. The Labute approximate surface area is 285 Å². The Balaban J connectivity index is 0.00000600. The molecule has 0 bridgehead atoms. The van der Waals surface area contributed by atoms with Gasteiger partial charge in [0.25, 0.3) is 0 Å². The molecule has 0 spiro atoms. The molecule has 272 valence electrons. The average Bonchev–Trinajstić information content (AvgIpc) is 3.32. The topological polar surface area (TPSA) is 124 Å². The second-order valence-corrected chi connectivity index (χ2v) is 18.3. The average molecular weight is 683 g/mol. The minimum absolute atomic E-state index is 0. The number of quaternary nitrogens is 1. The largest absolute Gasteiger partial charge is 0.870 e. The smallest absolute Gasteiger partial charge is 0.472 e. The highest BCUT2D eigenvalue weighted by molar-refractivity contribution is 7.47. The molecule has 4 aliphatic rings. The Bertz CT molecular complexity index is 1150. The monoisotopic (exact) mass is 682 g/mol. The fraction of sp³-hybridized carbons (Fsp3) is 0.865. The number of rotatable bonds is 14. The molecular weight excluding hydrogens is 615 g/mol. The van der Waals surface area contributed by atoms with E-state index in [0.717, 1.165) is 43.4 Å². The summed E-state index contributed by atoms with van der Waals surface area (Å²) in [7, 11) is 1.77. The fourth-order valence-corrected chi connectivity index (χ4v) is 10.6. The van der Waals surface area contributed by atoms with Crippen LogP contribution in [-0.4, -0.2) is 74.5 Å². The van der Waals surface area contributed by atoms with E-state index in [1.165, 1.54) is 37.7 Å². The molecule has 3 N–H and O–H groups in total. The number of amides is 1. The summed E-state index contributed by atoms with van der Waals surface area (Å²) in [6, 6.07) is 0. The van der Waals surface area contributed by atoms with Crippen LogP contribution in [-0.2, 0) is 18.3 Å². The minimum atomic E-state index is -4.15. The number of ether oxygens (including phenoxy) is 1. The van der Waals surface area contributed by atoms with Crippen LogP contribution in [0.5, 0.6) is 0 Å². The predicted octanol–water partition coefficient (Wildman–Crippen LogP) is 8.20. The van der Waals surface area contributed by atoms with Crippen molar-refractivity contribution < 1.29 is 38.0 Å². The van der Waals surface area contributed by atoms with Gasteiger partial charge in [0.2, 0.25) is 0 Å². The minimum Gasteiger partial charge on any atom is -0.870 e. The van der Waals surface area contributed by atoms with Gasteiger partial charge in [-0.2, -0.15) is 0 Å². The maximum atomic E-state index is 12.6. The number of hydrogen-bond acceptors (Lipinski definition) is 6. The van der Waals surface area contributed by atoms with E-state index in [2.05, 4.69) is 65.1 Å². The number of alkyl carbamates (subject to hydrolysis) is 1. The van der Waals surface area contributed by atoms with Crippen LogP contribution in [0.1, 0.15) is 99.3 Å². The Kier molecular flexibility index (Phi) is 13.9. The molecular formula is C37H67N2O7P. The lowest BCUT2D eigenvalue weighted by Gasteiger charge is -2.58. The van der Waals surface area contributed by atoms with Gasteiger partial charge in [-0.1, -0.05) is 65.3 Å². The highest BCUT2D eigenvalue weighted by atomic mass is 31.2. The Morgan fingerprint density at radius 2 is 1.77 bits per heavy atom. The number of phosphoric ester groups is 1. The van der Waals surface area contributed by atoms with Gasteiger partial charge in [0.15, 0.2) is 0 Å². The summed E-state index contributed by atoms with van der Waals surface area (Å²) in [5.41, 5.74) is 2.11. The first-order valence-corrected chi connectivity index (χ1v) is 19.7. The summed E-state index contributed by atoms with van der Waals surface area (Å²) in [6.45, 7) is 15.2. The lowest BCUT2D eigenvalue weighted by molar-refractivity contribution is -0.870. The molecule has 0 radical (unpaired) electrons. The van der Waals surface area contributed by atoms with Crippen LogP contribution < -0.4 is 5.32 Å². The molecule has 0 aromatic carbocycles. The van der Waals surface area contributed by atoms with Crippen molar-refractivity contribution in [1.82, 2.24) is 5.32 Å². The molecule has 10 atom stereocenters. The van der Waals surface area contributed by atoms with Gasteiger partial charge in [-0.3, -0.25) is 9.05 Å². The van der Waals surface area contributed by atoms with Crippen molar-refractivity contribution in [2.24, 2.45) is 52.3 Å². The summed E-state index contributed by atoms with van der Waals surface area (Å²) < 4.78 is 28.6.